The molecule has 0 aliphatic heterocycles. The fraction of sp³-hybridized carbons (Fsp3) is 0.143. The summed E-state index contributed by atoms with van der Waals surface area (Å²) >= 11 is 0. The predicted molar refractivity (Wildman–Crippen MR) is 40.4 cm³/mol. The van der Waals surface area contributed by atoms with E-state index in [4.69, 9.17) is 0 Å². The van der Waals surface area contributed by atoms with E-state index < -0.39 is 23.4 Å². The molecule has 0 unspecified atom stereocenters. The maximum absolute atomic E-state index is 12.3. The van der Waals surface area contributed by atoms with Gasteiger partial charge in [0.1, 0.15) is 0 Å². The summed E-state index contributed by atoms with van der Waals surface area (Å²) in [7, 11) is 0. The lowest BCUT2D eigenvalue weighted by Crippen LogP contribution is -2.15. The number of nitrogens with zero attached hydrogens (tertiary/aromatic N) is 2. The van der Waals surface area contributed by atoms with Crippen molar-refractivity contribution in [2.24, 2.45) is 5.34 Å². The highest BCUT2D eigenvalue weighted by atomic mass is 19.4. The summed E-state index contributed by atoms with van der Waals surface area (Å²) < 4.78 is 36.8. The minimum atomic E-state index is -4.79. The van der Waals surface area contributed by atoms with Crippen molar-refractivity contribution in [1.82, 2.24) is 4.98 Å². The molecule has 0 fully saturated rings. The van der Waals surface area contributed by atoms with Crippen molar-refractivity contribution in [3.63, 3.8) is 0 Å². The van der Waals surface area contributed by atoms with Gasteiger partial charge in [-0.2, -0.15) is 13.2 Å². The lowest BCUT2D eigenvalue weighted by molar-refractivity contribution is -0.141. The SMILES string of the molecule is O=NOC(=O)c1cccnc1C(F)(F)F. The molecule has 0 radical (unpaired) electrons. The van der Waals surface area contributed by atoms with Gasteiger partial charge in [0.05, 0.1) is 5.56 Å². The highest BCUT2D eigenvalue weighted by molar-refractivity contribution is 5.90. The molecule has 1 rings (SSSR count). The Bertz CT molecular complexity index is 391. The van der Waals surface area contributed by atoms with Gasteiger partial charge >= 0.3 is 12.1 Å². The predicted octanol–water partition coefficient (Wildman–Crippen LogP) is 1.94. The van der Waals surface area contributed by atoms with Gasteiger partial charge in [0.2, 0.25) is 0 Å². The number of aromatic nitrogens is 1. The van der Waals surface area contributed by atoms with Crippen LogP contribution in [0.5, 0.6) is 0 Å². The number of pyridine rings is 1. The van der Waals surface area contributed by atoms with Crippen LogP contribution in [-0.4, -0.2) is 11.0 Å². The zero-order chi connectivity index (χ0) is 11.5. The van der Waals surface area contributed by atoms with Gasteiger partial charge in [-0.1, -0.05) is 0 Å². The molecule has 0 aliphatic carbocycles. The first-order valence-corrected chi connectivity index (χ1v) is 3.53. The Balaban J connectivity index is 3.18. The molecule has 0 atom stereocenters. The van der Waals surface area contributed by atoms with Gasteiger partial charge in [0, 0.05) is 6.20 Å². The number of alkyl halides is 3. The Hall–Kier alpha value is -1.99. The number of rotatable bonds is 2. The van der Waals surface area contributed by atoms with E-state index in [2.05, 4.69) is 9.82 Å². The maximum atomic E-state index is 12.3. The molecule has 0 saturated carbocycles. The molecule has 80 valence electrons. The zero-order valence-corrected chi connectivity index (χ0v) is 6.99. The Labute approximate surface area is 80.8 Å². The normalized spacial score (nSPS) is 10.9. The van der Waals surface area contributed by atoms with Crippen LogP contribution in [0.25, 0.3) is 0 Å². The second kappa shape index (κ2) is 4.03. The van der Waals surface area contributed by atoms with E-state index in [-0.39, 0.29) is 0 Å². The van der Waals surface area contributed by atoms with Crippen LogP contribution >= 0.6 is 0 Å². The molecule has 0 spiro atoms. The summed E-state index contributed by atoms with van der Waals surface area (Å²) in [5.41, 5.74) is -2.27. The molecule has 0 bridgehead atoms. The van der Waals surface area contributed by atoms with Gasteiger partial charge in [-0.3, -0.25) is 9.82 Å². The van der Waals surface area contributed by atoms with E-state index in [1.54, 1.807) is 5.34 Å². The quantitative estimate of drug-likeness (QED) is 0.564. The topological polar surface area (TPSA) is 68.6 Å². The zero-order valence-electron chi connectivity index (χ0n) is 6.99. The van der Waals surface area contributed by atoms with Gasteiger partial charge in [-0.25, -0.2) is 4.79 Å². The van der Waals surface area contributed by atoms with Crippen LogP contribution in [0.1, 0.15) is 16.1 Å². The first-order valence-electron chi connectivity index (χ1n) is 3.53. The van der Waals surface area contributed by atoms with Crippen LogP contribution in [0.15, 0.2) is 23.7 Å². The van der Waals surface area contributed by atoms with Crippen molar-refractivity contribution in [2.45, 2.75) is 6.18 Å². The number of carbonyl (C=O) groups is 1. The molecule has 0 amide bonds. The Kier molecular flexibility index (Phi) is 2.98. The second-order valence-corrected chi connectivity index (χ2v) is 2.35. The summed E-state index contributed by atoms with van der Waals surface area (Å²) in [6, 6.07) is 1.94. The Morgan fingerprint density at radius 1 is 1.47 bits per heavy atom. The molecular weight excluding hydrogens is 217 g/mol. The smallest absolute Gasteiger partial charge is 0.279 e. The minimum Gasteiger partial charge on any atom is -0.279 e. The molecule has 5 nitrogen and oxygen atoms in total. The highest BCUT2D eigenvalue weighted by Gasteiger charge is 2.37. The van der Waals surface area contributed by atoms with Crippen molar-refractivity contribution in [1.29, 1.82) is 0 Å². The van der Waals surface area contributed by atoms with Crippen molar-refractivity contribution in [3.8, 4) is 0 Å². The molecule has 0 N–H and O–H groups in total. The number of hydrogen-bond donors (Lipinski definition) is 0. The van der Waals surface area contributed by atoms with E-state index in [1.807, 2.05) is 0 Å². The molecular formula is C7H3F3N2O3. The molecule has 1 heterocycles. The summed E-state index contributed by atoms with van der Waals surface area (Å²) in [6.45, 7) is 0. The monoisotopic (exact) mass is 220 g/mol. The molecule has 15 heavy (non-hydrogen) atoms. The van der Waals surface area contributed by atoms with Crippen LogP contribution in [0.3, 0.4) is 0 Å². The maximum Gasteiger partial charge on any atom is 0.434 e. The van der Waals surface area contributed by atoms with Gasteiger partial charge in [-0.15, -0.1) is 4.91 Å². The lowest BCUT2D eigenvalue weighted by atomic mass is 10.2. The molecule has 0 saturated heterocycles. The minimum absolute atomic E-state index is 0.837. The lowest BCUT2D eigenvalue weighted by Gasteiger charge is -2.07. The van der Waals surface area contributed by atoms with Gasteiger partial charge < -0.3 is 0 Å². The van der Waals surface area contributed by atoms with Crippen LogP contribution in [0.4, 0.5) is 13.2 Å². The fourth-order valence-corrected chi connectivity index (χ4v) is 0.879. The summed E-state index contributed by atoms with van der Waals surface area (Å²) in [4.78, 5) is 26.9. The number of hydrogen-bond acceptors (Lipinski definition) is 5. The standard InChI is InChI=1S/C7H3F3N2O3/c8-7(9,10)5-4(2-1-3-11-5)6(13)15-12-14/h1-3H. The van der Waals surface area contributed by atoms with Gasteiger partial charge in [0.25, 0.3) is 0 Å². The van der Waals surface area contributed by atoms with Crippen LogP contribution < -0.4 is 0 Å². The average molecular weight is 220 g/mol. The Morgan fingerprint density at radius 2 is 2.13 bits per heavy atom. The van der Waals surface area contributed by atoms with Crippen molar-refractivity contribution < 1.29 is 22.8 Å². The first kappa shape index (κ1) is 11.1. The third kappa shape index (κ3) is 2.48. The second-order valence-electron chi connectivity index (χ2n) is 2.35. The van der Waals surface area contributed by atoms with Gasteiger partial charge in [0.15, 0.2) is 11.0 Å². The van der Waals surface area contributed by atoms with Crippen molar-refractivity contribution in [3.05, 3.63) is 34.5 Å². The molecule has 0 aliphatic rings. The van der Waals surface area contributed by atoms with Crippen LogP contribution in [-0.2, 0) is 11.0 Å². The Morgan fingerprint density at radius 3 is 2.67 bits per heavy atom. The summed E-state index contributed by atoms with van der Waals surface area (Å²) in [5, 5.41) is 1.74. The van der Waals surface area contributed by atoms with Crippen LogP contribution in [0, 0.1) is 4.91 Å². The number of carbonyl (C=O) groups excluding carboxylic acids is 1. The van der Waals surface area contributed by atoms with E-state index in [0.717, 1.165) is 18.3 Å². The fourth-order valence-electron chi connectivity index (χ4n) is 0.879. The average Bonchev–Trinajstić information content (AvgIpc) is 2.17. The van der Waals surface area contributed by atoms with E-state index in [9.17, 15) is 22.9 Å². The highest BCUT2D eigenvalue weighted by Crippen LogP contribution is 2.30. The van der Waals surface area contributed by atoms with E-state index in [0.29, 0.717) is 0 Å². The third-order valence-electron chi connectivity index (χ3n) is 1.42. The molecule has 0 aromatic carbocycles. The summed E-state index contributed by atoms with van der Waals surface area (Å²) in [6.07, 6.45) is -3.92. The van der Waals surface area contributed by atoms with Crippen LogP contribution in [0.2, 0.25) is 0 Å². The first-order chi connectivity index (χ1) is 6.96. The third-order valence-corrected chi connectivity index (χ3v) is 1.42. The molecule has 1 aromatic heterocycles. The van der Waals surface area contributed by atoms with Crippen molar-refractivity contribution >= 4 is 5.97 Å². The number of halogens is 3. The summed E-state index contributed by atoms with van der Waals surface area (Å²) in [5.74, 6) is -1.49. The largest absolute Gasteiger partial charge is 0.434 e. The molecule has 8 heteroatoms. The molecule has 1 aromatic rings. The van der Waals surface area contributed by atoms with E-state index in [1.165, 1.54) is 0 Å². The van der Waals surface area contributed by atoms with E-state index >= 15 is 0 Å². The van der Waals surface area contributed by atoms with Gasteiger partial charge in [-0.05, 0) is 12.1 Å². The van der Waals surface area contributed by atoms with Crippen molar-refractivity contribution in [2.75, 3.05) is 0 Å².